The molecule has 4 rings (SSSR count). The van der Waals surface area contributed by atoms with Gasteiger partial charge in [-0.05, 0) is 73.8 Å². The highest BCUT2D eigenvalue weighted by Gasteiger charge is 2.26. The molecule has 1 amide bonds. The van der Waals surface area contributed by atoms with Gasteiger partial charge in [-0.1, -0.05) is 23.7 Å². The third kappa shape index (κ3) is 5.22. The molecule has 0 saturated carbocycles. The van der Waals surface area contributed by atoms with E-state index >= 15 is 0 Å². The number of benzene rings is 1. The zero-order valence-corrected chi connectivity index (χ0v) is 18.1. The van der Waals surface area contributed by atoms with Crippen molar-refractivity contribution in [2.45, 2.75) is 18.9 Å². The molecule has 0 radical (unpaired) electrons. The van der Waals surface area contributed by atoms with E-state index < -0.39 is 0 Å². The molecule has 8 heteroatoms. The second kappa shape index (κ2) is 10.2. The average Bonchev–Trinajstić information content (AvgIpc) is 2.84. The Morgan fingerprint density at radius 2 is 1.97 bits per heavy atom. The zero-order valence-electron chi connectivity index (χ0n) is 17.4. The normalized spacial score (nSPS) is 14.9. The number of nitrogens with zero attached hydrogens (tertiary/aromatic N) is 3. The van der Waals surface area contributed by atoms with Crippen molar-refractivity contribution in [3.8, 4) is 6.07 Å². The molecule has 162 valence electrons. The number of nitrogens with one attached hydrogen (secondary N) is 3. The van der Waals surface area contributed by atoms with Crippen LogP contribution in [0, 0.1) is 17.2 Å². The van der Waals surface area contributed by atoms with E-state index in [1.807, 2.05) is 30.3 Å². The van der Waals surface area contributed by atoms with Crippen LogP contribution in [-0.2, 0) is 0 Å². The molecule has 7 nitrogen and oxygen atoms in total. The number of carbonyl (C=O) groups is 1. The van der Waals surface area contributed by atoms with Crippen LogP contribution in [0.2, 0.25) is 5.02 Å². The minimum atomic E-state index is -0.264. The Balaban J connectivity index is 1.63. The molecule has 3 aromatic rings. The quantitative estimate of drug-likeness (QED) is 0.518. The van der Waals surface area contributed by atoms with Gasteiger partial charge in [0.05, 0.1) is 16.6 Å². The van der Waals surface area contributed by atoms with Gasteiger partial charge in [0.2, 0.25) is 0 Å². The summed E-state index contributed by atoms with van der Waals surface area (Å²) < 4.78 is 0. The third-order valence-corrected chi connectivity index (χ3v) is 5.79. The number of halogens is 1. The first-order valence-electron chi connectivity index (χ1n) is 10.5. The van der Waals surface area contributed by atoms with E-state index in [4.69, 9.17) is 11.6 Å². The molecule has 32 heavy (non-hydrogen) atoms. The SMILES string of the molecule is N#Cc1cc(C(Nc2ccccc2C(=O)Nc2ccc(Cl)cn2)C2CCNCC2)ccn1. The van der Waals surface area contributed by atoms with Crippen molar-refractivity contribution in [1.29, 1.82) is 5.26 Å². The van der Waals surface area contributed by atoms with E-state index in [1.54, 1.807) is 24.4 Å². The Kier molecular flexibility index (Phi) is 6.95. The molecule has 0 spiro atoms. The van der Waals surface area contributed by atoms with Crippen LogP contribution in [0.5, 0.6) is 0 Å². The lowest BCUT2D eigenvalue weighted by molar-refractivity contribution is 0.102. The summed E-state index contributed by atoms with van der Waals surface area (Å²) in [5, 5.41) is 19.6. The molecule has 0 bridgehead atoms. The van der Waals surface area contributed by atoms with Gasteiger partial charge in [-0.15, -0.1) is 0 Å². The predicted molar refractivity (Wildman–Crippen MR) is 125 cm³/mol. The lowest BCUT2D eigenvalue weighted by Crippen LogP contribution is -2.33. The van der Waals surface area contributed by atoms with Crippen LogP contribution >= 0.6 is 11.6 Å². The molecule has 1 unspecified atom stereocenters. The number of nitriles is 1. The number of anilines is 2. The molecule has 2 aromatic heterocycles. The van der Waals surface area contributed by atoms with E-state index in [0.29, 0.717) is 28.0 Å². The molecular formula is C24H23ClN6O. The summed E-state index contributed by atoms with van der Waals surface area (Å²) in [4.78, 5) is 21.3. The fourth-order valence-corrected chi connectivity index (χ4v) is 4.07. The third-order valence-electron chi connectivity index (χ3n) is 5.56. The topological polar surface area (TPSA) is 103 Å². The molecule has 1 aliphatic heterocycles. The molecule has 1 aromatic carbocycles. The van der Waals surface area contributed by atoms with Crippen LogP contribution in [-0.4, -0.2) is 29.0 Å². The van der Waals surface area contributed by atoms with Gasteiger partial charge in [0.1, 0.15) is 17.6 Å². The van der Waals surface area contributed by atoms with Crippen molar-refractivity contribution in [3.63, 3.8) is 0 Å². The smallest absolute Gasteiger partial charge is 0.258 e. The van der Waals surface area contributed by atoms with Crippen LogP contribution in [0.3, 0.4) is 0 Å². The number of hydrogen-bond donors (Lipinski definition) is 3. The van der Waals surface area contributed by atoms with Gasteiger partial charge in [0.25, 0.3) is 5.91 Å². The highest BCUT2D eigenvalue weighted by Crippen LogP contribution is 2.33. The first-order chi connectivity index (χ1) is 15.6. The summed E-state index contributed by atoms with van der Waals surface area (Å²) in [7, 11) is 0. The number of piperidine rings is 1. The average molecular weight is 447 g/mol. The lowest BCUT2D eigenvalue weighted by atomic mass is 9.85. The molecular weight excluding hydrogens is 424 g/mol. The van der Waals surface area contributed by atoms with E-state index in [-0.39, 0.29) is 11.9 Å². The number of carbonyl (C=O) groups excluding carboxylic acids is 1. The maximum Gasteiger partial charge on any atom is 0.258 e. The fraction of sp³-hybridized carbons (Fsp3) is 0.250. The van der Waals surface area contributed by atoms with Crippen LogP contribution in [0.1, 0.15) is 40.5 Å². The number of para-hydroxylation sites is 1. The van der Waals surface area contributed by atoms with Gasteiger partial charge in [-0.2, -0.15) is 5.26 Å². The van der Waals surface area contributed by atoms with Crippen molar-refractivity contribution in [2.75, 3.05) is 23.7 Å². The van der Waals surface area contributed by atoms with Gasteiger partial charge < -0.3 is 16.0 Å². The Hall–Kier alpha value is -3.47. The summed E-state index contributed by atoms with van der Waals surface area (Å²) in [6, 6.07) is 16.5. The first kappa shape index (κ1) is 21.8. The minimum Gasteiger partial charge on any atom is -0.377 e. The van der Waals surface area contributed by atoms with Gasteiger partial charge in [0, 0.05) is 18.1 Å². The van der Waals surface area contributed by atoms with Crippen molar-refractivity contribution in [2.24, 2.45) is 5.92 Å². The summed E-state index contributed by atoms with van der Waals surface area (Å²) in [6.07, 6.45) is 5.13. The molecule has 1 saturated heterocycles. The predicted octanol–water partition coefficient (Wildman–Crippen LogP) is 4.41. The lowest BCUT2D eigenvalue weighted by Gasteiger charge is -2.33. The van der Waals surface area contributed by atoms with E-state index in [1.165, 1.54) is 6.20 Å². The summed E-state index contributed by atoms with van der Waals surface area (Å²) in [6.45, 7) is 1.87. The van der Waals surface area contributed by atoms with Crippen molar-refractivity contribution >= 4 is 29.0 Å². The second-order valence-electron chi connectivity index (χ2n) is 7.66. The maximum absolute atomic E-state index is 13.0. The van der Waals surface area contributed by atoms with Gasteiger partial charge in [0.15, 0.2) is 0 Å². The fourth-order valence-electron chi connectivity index (χ4n) is 3.96. The Bertz CT molecular complexity index is 1120. The van der Waals surface area contributed by atoms with Gasteiger partial charge >= 0.3 is 0 Å². The Morgan fingerprint density at radius 3 is 2.72 bits per heavy atom. The van der Waals surface area contributed by atoms with E-state index in [0.717, 1.165) is 37.2 Å². The Morgan fingerprint density at radius 1 is 1.16 bits per heavy atom. The number of hydrogen-bond acceptors (Lipinski definition) is 6. The van der Waals surface area contributed by atoms with Crippen molar-refractivity contribution in [1.82, 2.24) is 15.3 Å². The number of rotatable bonds is 6. The molecule has 0 aliphatic carbocycles. The molecule has 1 fully saturated rings. The van der Waals surface area contributed by atoms with Crippen LogP contribution in [0.15, 0.2) is 60.9 Å². The summed E-state index contributed by atoms with van der Waals surface area (Å²) >= 11 is 5.89. The van der Waals surface area contributed by atoms with E-state index in [2.05, 4.69) is 32.0 Å². The monoisotopic (exact) mass is 446 g/mol. The van der Waals surface area contributed by atoms with Crippen molar-refractivity contribution < 1.29 is 4.79 Å². The second-order valence-corrected chi connectivity index (χ2v) is 8.09. The Labute approximate surface area is 191 Å². The highest BCUT2D eigenvalue weighted by molar-refractivity contribution is 6.30. The van der Waals surface area contributed by atoms with Gasteiger partial charge in [-0.25, -0.2) is 9.97 Å². The standard InChI is InChI=1S/C24H23ClN6O/c25-18-5-6-22(29-15-18)31-24(32)20-3-1-2-4-21(20)30-23(16-7-10-27-11-8-16)17-9-12-28-19(13-17)14-26/h1-6,9,12-13,15-16,23,27,30H,7-8,10-11H2,(H,29,31,32). The maximum atomic E-state index is 13.0. The highest BCUT2D eigenvalue weighted by atomic mass is 35.5. The molecule has 3 N–H and O–H groups in total. The van der Waals surface area contributed by atoms with Crippen LogP contribution in [0.25, 0.3) is 0 Å². The first-order valence-corrected chi connectivity index (χ1v) is 10.9. The van der Waals surface area contributed by atoms with Crippen LogP contribution in [0.4, 0.5) is 11.5 Å². The van der Waals surface area contributed by atoms with Crippen LogP contribution < -0.4 is 16.0 Å². The minimum absolute atomic E-state index is 0.0604. The molecule has 1 atom stereocenters. The molecule has 1 aliphatic rings. The number of pyridine rings is 2. The summed E-state index contributed by atoms with van der Waals surface area (Å²) in [5.41, 5.74) is 2.59. The number of aromatic nitrogens is 2. The van der Waals surface area contributed by atoms with Crippen molar-refractivity contribution in [3.05, 3.63) is 82.8 Å². The van der Waals surface area contributed by atoms with Gasteiger partial charge in [-0.3, -0.25) is 4.79 Å². The number of amides is 1. The largest absolute Gasteiger partial charge is 0.377 e. The zero-order chi connectivity index (χ0) is 22.3. The van der Waals surface area contributed by atoms with E-state index in [9.17, 15) is 10.1 Å². The molecule has 3 heterocycles. The summed E-state index contributed by atoms with van der Waals surface area (Å²) in [5.74, 6) is 0.510.